The molecule has 1 atom stereocenters. The molecule has 2 N–H and O–H groups in total. The second-order valence-corrected chi connectivity index (χ2v) is 4.22. The predicted molar refractivity (Wildman–Crippen MR) is 66.0 cm³/mol. The summed E-state index contributed by atoms with van der Waals surface area (Å²) in [7, 11) is 2.98. The Morgan fingerprint density at radius 3 is 2.53 bits per heavy atom. The first-order valence-corrected chi connectivity index (χ1v) is 5.48. The summed E-state index contributed by atoms with van der Waals surface area (Å²) in [5.74, 6) is 0.466. The molecule has 0 saturated heterocycles. The zero-order valence-electron chi connectivity index (χ0n) is 10.5. The third-order valence-corrected chi connectivity index (χ3v) is 2.97. The Morgan fingerprint density at radius 1 is 1.35 bits per heavy atom. The van der Waals surface area contributed by atoms with Gasteiger partial charge in [-0.05, 0) is 6.07 Å². The summed E-state index contributed by atoms with van der Waals surface area (Å²) in [4.78, 5) is 11.4. The van der Waals surface area contributed by atoms with Gasteiger partial charge in [0.15, 0.2) is 0 Å². The highest BCUT2D eigenvalue weighted by atomic mass is 16.5. The molecule has 0 saturated carbocycles. The summed E-state index contributed by atoms with van der Waals surface area (Å²) in [5.41, 5.74) is 6.26. The van der Waals surface area contributed by atoms with Crippen LogP contribution in [0.1, 0.15) is 18.9 Å². The molecule has 0 fully saturated rings. The van der Waals surface area contributed by atoms with Gasteiger partial charge in [-0.1, -0.05) is 25.1 Å². The van der Waals surface area contributed by atoms with Crippen LogP contribution >= 0.6 is 0 Å². The van der Waals surface area contributed by atoms with Crippen LogP contribution in [-0.2, 0) is 14.9 Å². The number of methoxy groups -OCH3 is 2. The minimum absolute atomic E-state index is 0.236. The van der Waals surface area contributed by atoms with E-state index in [4.69, 9.17) is 15.2 Å². The topological polar surface area (TPSA) is 61.5 Å². The normalized spacial score (nSPS) is 13.9. The van der Waals surface area contributed by atoms with Gasteiger partial charge >= 0.3 is 5.97 Å². The lowest BCUT2D eigenvalue weighted by Crippen LogP contribution is -2.35. The molecule has 0 aliphatic heterocycles. The Hall–Kier alpha value is -1.55. The van der Waals surface area contributed by atoms with E-state index >= 15 is 0 Å². The summed E-state index contributed by atoms with van der Waals surface area (Å²) in [6, 6.07) is 7.58. The summed E-state index contributed by atoms with van der Waals surface area (Å²) < 4.78 is 10.0. The van der Waals surface area contributed by atoms with Gasteiger partial charge in [0.25, 0.3) is 0 Å². The van der Waals surface area contributed by atoms with Crippen molar-refractivity contribution < 1.29 is 14.3 Å². The summed E-state index contributed by atoms with van der Waals surface area (Å²) in [5, 5.41) is 0. The molecular formula is C13H19NO3. The highest BCUT2D eigenvalue weighted by molar-refractivity contribution is 5.71. The fraction of sp³-hybridized carbons (Fsp3) is 0.462. The van der Waals surface area contributed by atoms with Crippen molar-refractivity contribution in [2.75, 3.05) is 20.8 Å². The molecule has 0 amide bonds. The first-order chi connectivity index (χ1) is 8.07. The second-order valence-electron chi connectivity index (χ2n) is 4.22. The van der Waals surface area contributed by atoms with Gasteiger partial charge in [-0.25, -0.2) is 0 Å². The number of carbonyl (C=O) groups is 1. The molecule has 0 aromatic heterocycles. The molecule has 0 heterocycles. The van der Waals surface area contributed by atoms with Crippen molar-refractivity contribution in [1.82, 2.24) is 0 Å². The molecule has 1 rings (SSSR count). The molecule has 94 valence electrons. The zero-order valence-corrected chi connectivity index (χ0v) is 10.5. The van der Waals surface area contributed by atoms with E-state index in [2.05, 4.69) is 0 Å². The maximum atomic E-state index is 11.4. The molecule has 0 bridgehead atoms. The lowest BCUT2D eigenvalue weighted by Gasteiger charge is -2.28. The first kappa shape index (κ1) is 13.5. The number of ether oxygens (including phenoxy) is 2. The van der Waals surface area contributed by atoms with Gasteiger partial charge in [0, 0.05) is 17.5 Å². The molecule has 0 aliphatic rings. The van der Waals surface area contributed by atoms with Gasteiger partial charge in [0.2, 0.25) is 0 Å². The Bertz CT molecular complexity index is 392. The lowest BCUT2D eigenvalue weighted by atomic mass is 9.79. The van der Waals surface area contributed by atoms with Crippen LogP contribution in [0.5, 0.6) is 5.75 Å². The van der Waals surface area contributed by atoms with Crippen molar-refractivity contribution in [2.45, 2.75) is 18.8 Å². The maximum absolute atomic E-state index is 11.4. The SMILES string of the molecule is COC(=O)CC(C)(CN)c1ccccc1OC. The third-order valence-electron chi connectivity index (χ3n) is 2.97. The molecule has 1 aromatic carbocycles. The zero-order chi connectivity index (χ0) is 12.9. The average Bonchev–Trinajstić information content (AvgIpc) is 2.38. The summed E-state index contributed by atoms with van der Waals surface area (Å²) >= 11 is 0. The van der Waals surface area contributed by atoms with E-state index in [1.807, 2.05) is 31.2 Å². The van der Waals surface area contributed by atoms with Crippen molar-refractivity contribution >= 4 is 5.97 Å². The van der Waals surface area contributed by atoms with Crippen molar-refractivity contribution in [1.29, 1.82) is 0 Å². The third kappa shape index (κ3) is 2.97. The smallest absolute Gasteiger partial charge is 0.306 e. The Labute approximate surface area is 102 Å². The first-order valence-electron chi connectivity index (χ1n) is 5.48. The van der Waals surface area contributed by atoms with E-state index in [0.29, 0.717) is 6.54 Å². The van der Waals surface area contributed by atoms with E-state index < -0.39 is 5.41 Å². The van der Waals surface area contributed by atoms with E-state index in [0.717, 1.165) is 11.3 Å². The summed E-state index contributed by atoms with van der Waals surface area (Å²) in [6.07, 6.45) is 0.236. The Balaban J connectivity index is 3.10. The number of para-hydroxylation sites is 1. The minimum Gasteiger partial charge on any atom is -0.496 e. The van der Waals surface area contributed by atoms with E-state index in [1.165, 1.54) is 7.11 Å². The highest BCUT2D eigenvalue weighted by Gasteiger charge is 2.31. The van der Waals surface area contributed by atoms with E-state index in [-0.39, 0.29) is 12.4 Å². The fourth-order valence-electron chi connectivity index (χ4n) is 1.81. The summed E-state index contributed by atoms with van der Waals surface area (Å²) in [6.45, 7) is 2.28. The maximum Gasteiger partial charge on any atom is 0.306 e. The number of benzene rings is 1. The molecule has 1 unspecified atom stereocenters. The van der Waals surface area contributed by atoms with Crippen LogP contribution in [0.15, 0.2) is 24.3 Å². The molecule has 17 heavy (non-hydrogen) atoms. The van der Waals surface area contributed by atoms with Gasteiger partial charge in [-0.3, -0.25) is 4.79 Å². The molecule has 4 heteroatoms. The minimum atomic E-state index is -0.473. The van der Waals surface area contributed by atoms with Crippen molar-refractivity contribution in [3.8, 4) is 5.75 Å². The van der Waals surface area contributed by atoms with Crippen LogP contribution in [0.4, 0.5) is 0 Å². The van der Waals surface area contributed by atoms with Crippen LogP contribution in [0.25, 0.3) is 0 Å². The van der Waals surface area contributed by atoms with Crippen LogP contribution in [-0.4, -0.2) is 26.7 Å². The van der Waals surface area contributed by atoms with Crippen molar-refractivity contribution in [3.63, 3.8) is 0 Å². The Kier molecular flexibility index (Phi) is 4.52. The number of esters is 1. The van der Waals surface area contributed by atoms with Gasteiger partial charge in [0.1, 0.15) is 5.75 Å². The predicted octanol–water partition coefficient (Wildman–Crippen LogP) is 1.47. The molecular weight excluding hydrogens is 218 g/mol. The fourth-order valence-corrected chi connectivity index (χ4v) is 1.81. The van der Waals surface area contributed by atoms with Gasteiger partial charge in [-0.2, -0.15) is 0 Å². The highest BCUT2D eigenvalue weighted by Crippen LogP contribution is 2.33. The van der Waals surface area contributed by atoms with E-state index in [9.17, 15) is 4.79 Å². The van der Waals surface area contributed by atoms with Crippen molar-refractivity contribution in [3.05, 3.63) is 29.8 Å². The average molecular weight is 237 g/mol. The van der Waals surface area contributed by atoms with Crippen LogP contribution in [0.3, 0.4) is 0 Å². The monoisotopic (exact) mass is 237 g/mol. The van der Waals surface area contributed by atoms with Crippen molar-refractivity contribution in [2.24, 2.45) is 5.73 Å². The Morgan fingerprint density at radius 2 is 2.00 bits per heavy atom. The number of hydrogen-bond donors (Lipinski definition) is 1. The molecule has 0 spiro atoms. The second kappa shape index (κ2) is 5.68. The molecule has 0 radical (unpaired) electrons. The number of rotatable bonds is 5. The van der Waals surface area contributed by atoms with Gasteiger partial charge in [-0.15, -0.1) is 0 Å². The largest absolute Gasteiger partial charge is 0.496 e. The standard InChI is InChI=1S/C13H19NO3/c1-13(9-14,8-12(15)17-3)10-6-4-5-7-11(10)16-2/h4-7H,8-9,14H2,1-3H3. The van der Waals surface area contributed by atoms with Crippen LogP contribution in [0.2, 0.25) is 0 Å². The van der Waals surface area contributed by atoms with E-state index in [1.54, 1.807) is 7.11 Å². The molecule has 1 aromatic rings. The quantitative estimate of drug-likeness (QED) is 0.788. The lowest BCUT2D eigenvalue weighted by molar-refractivity contribution is -0.141. The van der Waals surface area contributed by atoms with Crippen LogP contribution < -0.4 is 10.5 Å². The van der Waals surface area contributed by atoms with Gasteiger partial charge < -0.3 is 15.2 Å². The number of carbonyl (C=O) groups excluding carboxylic acids is 1. The van der Waals surface area contributed by atoms with Gasteiger partial charge in [0.05, 0.1) is 20.6 Å². The number of nitrogens with two attached hydrogens (primary N) is 1. The molecule has 0 aliphatic carbocycles. The van der Waals surface area contributed by atoms with Crippen LogP contribution in [0, 0.1) is 0 Å². The molecule has 4 nitrogen and oxygen atoms in total. The number of hydrogen-bond acceptors (Lipinski definition) is 4.